The van der Waals surface area contributed by atoms with E-state index in [1.165, 1.54) is 6.07 Å². The van der Waals surface area contributed by atoms with E-state index < -0.39 is 29.3 Å². The fraction of sp³-hybridized carbons (Fsp3) is 0.583. The molecule has 2 fully saturated rings. The van der Waals surface area contributed by atoms with Crippen LogP contribution in [-0.2, 0) is 14.4 Å². The minimum absolute atomic E-state index is 0.00922. The number of carboxylic acids is 1. The van der Waals surface area contributed by atoms with Gasteiger partial charge in [0.15, 0.2) is 11.5 Å². The highest BCUT2D eigenvalue weighted by Gasteiger charge is 2.48. The molecule has 0 bridgehead atoms. The topological polar surface area (TPSA) is 99.6 Å². The highest BCUT2D eigenvalue weighted by Crippen LogP contribution is 2.43. The number of likely N-dealkylation sites (tertiary alicyclic amines) is 2. The summed E-state index contributed by atoms with van der Waals surface area (Å²) in [6.45, 7) is 11.3. The molecule has 2 amide bonds. The molecule has 0 aliphatic carbocycles. The van der Waals surface area contributed by atoms with Gasteiger partial charge >= 0.3 is 5.97 Å². The maximum absolute atomic E-state index is 14.4. The largest absolute Gasteiger partial charge is 0.481 e. The number of benzene rings is 2. The fourth-order valence-corrected chi connectivity index (χ4v) is 7.54. The first-order chi connectivity index (χ1) is 21.9. The molecular weight excluding hydrogens is 589 g/mol. The number of ether oxygens (including phenoxy) is 2. The maximum Gasteiger partial charge on any atom is 0.308 e. The van der Waals surface area contributed by atoms with Crippen LogP contribution >= 0.6 is 0 Å². The average molecular weight is 638 g/mol. The number of halogens is 1. The molecule has 0 unspecified atom stereocenters. The minimum Gasteiger partial charge on any atom is -0.481 e. The van der Waals surface area contributed by atoms with Gasteiger partial charge in [-0.1, -0.05) is 46.6 Å². The zero-order valence-electron chi connectivity index (χ0n) is 27.8. The van der Waals surface area contributed by atoms with E-state index in [9.17, 15) is 23.9 Å². The van der Waals surface area contributed by atoms with E-state index in [1.807, 2.05) is 46.7 Å². The molecule has 0 spiro atoms. The summed E-state index contributed by atoms with van der Waals surface area (Å²) in [4.78, 5) is 46.2. The zero-order valence-corrected chi connectivity index (χ0v) is 27.8. The first-order valence-electron chi connectivity index (χ1n) is 16.7. The molecule has 1 N–H and O–H groups in total. The van der Waals surface area contributed by atoms with Gasteiger partial charge in [0.2, 0.25) is 18.6 Å². The number of anilines is 1. The normalized spacial score (nSPS) is 22.2. The summed E-state index contributed by atoms with van der Waals surface area (Å²) in [5.74, 6) is -1.33. The molecule has 0 aromatic heterocycles. The van der Waals surface area contributed by atoms with Crippen LogP contribution in [0.15, 0.2) is 36.4 Å². The van der Waals surface area contributed by atoms with E-state index in [0.29, 0.717) is 48.8 Å². The fourth-order valence-electron chi connectivity index (χ4n) is 7.54. The number of nitrogens with zero attached hydrogens (tertiary/aromatic N) is 3. The van der Waals surface area contributed by atoms with Crippen LogP contribution in [0.2, 0.25) is 0 Å². The monoisotopic (exact) mass is 637 g/mol. The SMILES string of the molecule is CCCC(CCC)N(C(=O)CN1C[C@H](c2ccc3c(c2)OCO3)[C@@H](C(=O)O)[C@@H]1CCN1CCC(C)(C)C1=O)c1ccc(F)c(C)c1. The predicted octanol–water partition coefficient (Wildman–Crippen LogP) is 5.98. The molecule has 250 valence electrons. The van der Waals surface area contributed by atoms with Crippen molar-refractivity contribution >= 4 is 23.5 Å². The van der Waals surface area contributed by atoms with Gasteiger partial charge in [0.05, 0.1) is 12.5 Å². The van der Waals surface area contributed by atoms with Crippen LogP contribution in [0.4, 0.5) is 10.1 Å². The van der Waals surface area contributed by atoms with Crippen molar-refractivity contribution < 1.29 is 33.4 Å². The van der Waals surface area contributed by atoms with Gasteiger partial charge in [-0.3, -0.25) is 19.3 Å². The molecule has 0 radical (unpaired) electrons. The maximum atomic E-state index is 14.4. The number of amides is 2. The lowest BCUT2D eigenvalue weighted by molar-refractivity contribution is -0.143. The van der Waals surface area contributed by atoms with E-state index in [0.717, 1.165) is 37.7 Å². The Morgan fingerprint density at radius 1 is 1.09 bits per heavy atom. The summed E-state index contributed by atoms with van der Waals surface area (Å²) in [6.07, 6.45) is 4.54. The van der Waals surface area contributed by atoms with Crippen LogP contribution in [0.5, 0.6) is 11.5 Å². The van der Waals surface area contributed by atoms with Gasteiger partial charge in [-0.2, -0.15) is 0 Å². The van der Waals surface area contributed by atoms with Gasteiger partial charge in [-0.25, -0.2) is 4.39 Å². The van der Waals surface area contributed by atoms with Crippen molar-refractivity contribution in [3.63, 3.8) is 0 Å². The average Bonchev–Trinajstić information content (AvgIpc) is 3.69. The first-order valence-corrected chi connectivity index (χ1v) is 16.7. The van der Waals surface area contributed by atoms with Gasteiger partial charge in [0.25, 0.3) is 0 Å². The number of rotatable bonds is 13. The second-order valence-electron chi connectivity index (χ2n) is 13.7. The third kappa shape index (κ3) is 6.87. The van der Waals surface area contributed by atoms with E-state index in [4.69, 9.17) is 9.47 Å². The van der Waals surface area contributed by atoms with Gasteiger partial charge in [0.1, 0.15) is 5.82 Å². The summed E-state index contributed by atoms with van der Waals surface area (Å²) in [5.41, 5.74) is 1.50. The van der Waals surface area contributed by atoms with Gasteiger partial charge in [-0.05, 0) is 74.1 Å². The van der Waals surface area contributed by atoms with Crippen molar-refractivity contribution in [2.45, 2.75) is 91.1 Å². The van der Waals surface area contributed by atoms with E-state index >= 15 is 0 Å². The number of aryl methyl sites for hydroxylation is 1. The highest BCUT2D eigenvalue weighted by molar-refractivity contribution is 5.95. The molecule has 5 rings (SSSR count). The van der Waals surface area contributed by atoms with Crippen molar-refractivity contribution in [3.8, 4) is 11.5 Å². The molecule has 9 nitrogen and oxygen atoms in total. The number of carboxylic acid groups (broad SMARTS) is 1. The molecular formula is C36H48FN3O6. The Morgan fingerprint density at radius 2 is 1.80 bits per heavy atom. The smallest absolute Gasteiger partial charge is 0.308 e. The van der Waals surface area contributed by atoms with Gasteiger partial charge in [-0.15, -0.1) is 0 Å². The molecule has 2 saturated heterocycles. The summed E-state index contributed by atoms with van der Waals surface area (Å²) < 4.78 is 25.4. The third-order valence-corrected chi connectivity index (χ3v) is 10.1. The summed E-state index contributed by atoms with van der Waals surface area (Å²) in [6, 6.07) is 9.78. The molecule has 3 heterocycles. The Labute approximate surface area is 271 Å². The molecule has 2 aromatic rings. The minimum atomic E-state index is -0.934. The molecule has 2 aromatic carbocycles. The molecule has 0 saturated carbocycles. The number of fused-ring (bicyclic) bond motifs is 1. The van der Waals surface area contributed by atoms with Crippen LogP contribution in [0.3, 0.4) is 0 Å². The Balaban J connectivity index is 1.48. The quantitative estimate of drug-likeness (QED) is 0.288. The van der Waals surface area contributed by atoms with Gasteiger partial charge < -0.3 is 24.4 Å². The Morgan fingerprint density at radius 3 is 2.43 bits per heavy atom. The van der Waals surface area contributed by atoms with Gasteiger partial charge in [0, 0.05) is 48.7 Å². The Hall–Kier alpha value is -3.66. The second-order valence-corrected chi connectivity index (χ2v) is 13.7. The summed E-state index contributed by atoms with van der Waals surface area (Å²) in [5, 5.41) is 10.7. The van der Waals surface area contributed by atoms with Crippen LogP contribution < -0.4 is 14.4 Å². The second kappa shape index (κ2) is 14.0. The van der Waals surface area contributed by atoms with Crippen molar-refractivity contribution in [3.05, 3.63) is 53.3 Å². The van der Waals surface area contributed by atoms with Crippen LogP contribution in [0.25, 0.3) is 0 Å². The van der Waals surface area contributed by atoms with Crippen LogP contribution in [0.1, 0.15) is 83.3 Å². The van der Waals surface area contributed by atoms with E-state index in [2.05, 4.69) is 13.8 Å². The van der Waals surface area contributed by atoms with E-state index in [-0.39, 0.29) is 37.0 Å². The van der Waals surface area contributed by atoms with Crippen molar-refractivity contribution in [2.75, 3.05) is 37.9 Å². The zero-order chi connectivity index (χ0) is 33.2. The number of carbonyl (C=O) groups is 3. The molecule has 10 heteroatoms. The standard InChI is InChI=1S/C36H48FN3O6/c1-6-8-25(9-7-2)40(26-11-12-28(37)23(3)18-26)32(41)21-39-20-27(24-10-13-30-31(19-24)46-22-45-30)33(34(42)43)29(39)14-16-38-17-15-36(4,5)35(38)44/h10-13,18-19,25,27,29,33H,6-9,14-17,20-22H2,1-5H3,(H,42,43)/t27-,29+,33-/m1/s1. The number of aliphatic carboxylic acids is 1. The predicted molar refractivity (Wildman–Crippen MR) is 174 cm³/mol. The lowest BCUT2D eigenvalue weighted by Gasteiger charge is -2.35. The number of hydrogen-bond acceptors (Lipinski definition) is 6. The summed E-state index contributed by atoms with van der Waals surface area (Å²) >= 11 is 0. The number of carbonyl (C=O) groups excluding carboxylic acids is 2. The Bertz CT molecular complexity index is 1440. The molecule has 46 heavy (non-hydrogen) atoms. The molecule has 3 aliphatic heterocycles. The number of hydrogen-bond donors (Lipinski definition) is 1. The lowest BCUT2D eigenvalue weighted by Crippen LogP contribution is -2.48. The first kappa shape index (κ1) is 33.7. The van der Waals surface area contributed by atoms with Crippen molar-refractivity contribution in [1.29, 1.82) is 0 Å². The Kier molecular flexibility index (Phi) is 10.2. The molecule has 3 atom stereocenters. The summed E-state index contributed by atoms with van der Waals surface area (Å²) in [7, 11) is 0. The third-order valence-electron chi connectivity index (χ3n) is 10.1. The van der Waals surface area contributed by atoms with Crippen LogP contribution in [-0.4, -0.2) is 77.7 Å². The van der Waals surface area contributed by atoms with Crippen LogP contribution in [0, 0.1) is 24.1 Å². The highest BCUT2D eigenvalue weighted by atomic mass is 19.1. The van der Waals surface area contributed by atoms with E-state index in [1.54, 1.807) is 19.1 Å². The van der Waals surface area contributed by atoms with Crippen molar-refractivity contribution in [2.24, 2.45) is 11.3 Å². The molecule has 3 aliphatic rings. The van der Waals surface area contributed by atoms with Crippen molar-refractivity contribution in [1.82, 2.24) is 9.80 Å². The lowest BCUT2D eigenvalue weighted by atomic mass is 9.84.